The van der Waals surface area contributed by atoms with Gasteiger partial charge >= 0.3 is 12.1 Å². The number of esters is 1. The summed E-state index contributed by atoms with van der Waals surface area (Å²) in [6.45, 7) is 3.04. The van der Waals surface area contributed by atoms with Gasteiger partial charge in [0, 0.05) is 57.6 Å². The summed E-state index contributed by atoms with van der Waals surface area (Å²) in [5.74, 6) is -7.86. The Balaban J connectivity index is 1.55. The number of fused-ring (bicyclic) bond motifs is 5. The van der Waals surface area contributed by atoms with E-state index < -0.39 is 140 Å². The van der Waals surface area contributed by atoms with Crippen LogP contribution >= 0.6 is 0 Å². The molecule has 0 radical (unpaired) electrons. The average molecular weight is 755 g/mol. The van der Waals surface area contributed by atoms with E-state index in [9.17, 15) is 49.2 Å². The van der Waals surface area contributed by atoms with Crippen LogP contribution < -0.4 is 10.6 Å². The summed E-state index contributed by atoms with van der Waals surface area (Å²) < 4.78 is 32.6. The van der Waals surface area contributed by atoms with Crippen LogP contribution in [0.3, 0.4) is 0 Å². The number of aliphatic hydroxyl groups excluding tert-OH is 1. The number of phenols is 2. The minimum atomic E-state index is -3.30. The lowest BCUT2D eigenvalue weighted by atomic mass is 9.56. The van der Waals surface area contributed by atoms with Crippen molar-refractivity contribution in [1.29, 1.82) is 0 Å². The van der Waals surface area contributed by atoms with Crippen LogP contribution in [0.5, 0.6) is 11.5 Å². The topological polar surface area (TPSA) is 263 Å². The van der Waals surface area contributed by atoms with Crippen LogP contribution in [0, 0.1) is 6.92 Å². The number of aromatic hydroxyl groups is 2. The maximum atomic E-state index is 14.9. The standard InChI is InChI=1S/C36H38N2O16/c1-12-8-14-9-19(54-34(47)37-3)36(52-7)31(45)22-16(30(44)35(36,48)23(14)26(42)20(12)33(46)51-6)10-15-21(25(22)41)18(39)11-17(24(15)40)38-32-29(50-5)27(43)28(49-4)13(2)53-32/h8,10-11,13,19,27-29,32,38,41-43,48H,9H2,1-7H3,(H,37,47)/t13-,19+,27+,28-,29+,32-,35-,36+/m0/s1. The van der Waals surface area contributed by atoms with Gasteiger partial charge in [-0.2, -0.15) is 0 Å². The lowest BCUT2D eigenvalue weighted by molar-refractivity contribution is -0.236. The smallest absolute Gasteiger partial charge is 0.407 e. The highest BCUT2D eigenvalue weighted by Crippen LogP contribution is 2.57. The Kier molecular flexibility index (Phi) is 9.66. The number of Topliss-reactive ketones (excluding diaryl/α,β-unsaturated/α-hetero) is 3. The molecule has 4 aliphatic rings. The van der Waals surface area contributed by atoms with Crippen molar-refractivity contribution in [3.05, 3.63) is 68.4 Å². The maximum absolute atomic E-state index is 14.9. The van der Waals surface area contributed by atoms with Crippen molar-refractivity contribution in [3.8, 4) is 11.5 Å². The van der Waals surface area contributed by atoms with E-state index in [0.29, 0.717) is 0 Å². The van der Waals surface area contributed by atoms with Gasteiger partial charge in [-0.25, -0.2) is 9.59 Å². The fourth-order valence-corrected chi connectivity index (χ4v) is 8.13. The maximum Gasteiger partial charge on any atom is 0.407 e. The van der Waals surface area contributed by atoms with Gasteiger partial charge in [0.15, 0.2) is 17.6 Å². The number of amides is 1. The zero-order valence-corrected chi connectivity index (χ0v) is 30.1. The molecule has 1 aliphatic heterocycles. The first-order valence-electron chi connectivity index (χ1n) is 16.6. The third-order valence-corrected chi connectivity index (χ3v) is 10.6. The number of ketones is 4. The van der Waals surface area contributed by atoms with Gasteiger partial charge in [0.1, 0.15) is 41.5 Å². The highest BCUT2D eigenvalue weighted by molar-refractivity contribution is 6.31. The molecule has 1 fully saturated rings. The van der Waals surface area contributed by atoms with E-state index >= 15 is 0 Å². The number of carbonyl (C=O) groups is 6. The molecular weight excluding hydrogens is 716 g/mol. The first-order chi connectivity index (χ1) is 25.5. The molecule has 0 bridgehead atoms. The number of aryl methyl sites for hydroxylation is 1. The molecule has 0 aromatic heterocycles. The molecule has 1 saturated heterocycles. The number of phenolic OH excluding ortho intramolecular Hbond substituents is 2. The number of ether oxygens (including phenoxy) is 6. The molecule has 2 aromatic rings. The van der Waals surface area contributed by atoms with Crippen LogP contribution in [-0.4, -0.2) is 133 Å². The molecule has 0 saturated carbocycles. The number of methoxy groups -OCH3 is 4. The first kappa shape index (κ1) is 38.5. The molecule has 18 heteroatoms. The molecule has 2 aromatic carbocycles. The normalized spacial score (nSPS) is 30.0. The predicted octanol–water partition coefficient (Wildman–Crippen LogP) is 0.114. The number of alkyl carbamates (subject to hydrolysis) is 1. The number of allylic oxidation sites excluding steroid dienone is 2. The Bertz CT molecular complexity index is 2060. The molecule has 6 rings (SSSR count). The molecule has 6 N–H and O–H groups in total. The summed E-state index contributed by atoms with van der Waals surface area (Å²) in [4.78, 5) is 82.9. The quantitative estimate of drug-likeness (QED) is 0.205. The fraction of sp³-hybridized carbons (Fsp3) is 0.444. The van der Waals surface area contributed by atoms with Gasteiger partial charge < -0.3 is 59.5 Å². The summed E-state index contributed by atoms with van der Waals surface area (Å²) in [5.41, 5.74) is -10.5. The van der Waals surface area contributed by atoms with Gasteiger partial charge in [0.25, 0.3) is 0 Å². The second-order valence-corrected chi connectivity index (χ2v) is 13.2. The Labute approximate surface area is 306 Å². The van der Waals surface area contributed by atoms with Crippen molar-refractivity contribution in [2.45, 2.75) is 68.2 Å². The Morgan fingerprint density at radius 1 is 0.944 bits per heavy atom. The van der Waals surface area contributed by atoms with E-state index in [1.54, 1.807) is 6.92 Å². The molecule has 0 unspecified atom stereocenters. The van der Waals surface area contributed by atoms with Gasteiger partial charge in [-0.1, -0.05) is 6.07 Å². The summed E-state index contributed by atoms with van der Waals surface area (Å²) in [6.07, 6.45) is -7.64. The zero-order valence-electron chi connectivity index (χ0n) is 30.1. The van der Waals surface area contributed by atoms with Gasteiger partial charge in [-0.3, -0.25) is 19.2 Å². The van der Waals surface area contributed by atoms with Crippen LogP contribution in [0.1, 0.15) is 75.4 Å². The second kappa shape index (κ2) is 13.6. The summed E-state index contributed by atoms with van der Waals surface area (Å²) >= 11 is 0. The largest absolute Gasteiger partial charge is 0.507 e. The molecule has 1 heterocycles. The molecule has 288 valence electrons. The van der Waals surface area contributed by atoms with E-state index in [1.165, 1.54) is 34.3 Å². The lowest BCUT2D eigenvalue weighted by Crippen LogP contribution is -2.73. The van der Waals surface area contributed by atoms with E-state index in [0.717, 1.165) is 26.4 Å². The van der Waals surface area contributed by atoms with Crippen molar-refractivity contribution >= 4 is 35.2 Å². The summed E-state index contributed by atoms with van der Waals surface area (Å²) in [7, 11) is 5.80. The highest BCUT2D eigenvalue weighted by Gasteiger charge is 2.74. The molecule has 3 aliphatic carbocycles. The number of benzene rings is 2. The number of hydrogen-bond donors (Lipinski definition) is 6. The summed E-state index contributed by atoms with van der Waals surface area (Å²) in [6, 6.07) is 2.16. The van der Waals surface area contributed by atoms with Crippen molar-refractivity contribution in [2.75, 3.05) is 35.5 Å². The number of rotatable bonds is 7. The van der Waals surface area contributed by atoms with Crippen molar-refractivity contribution < 1.29 is 77.6 Å². The van der Waals surface area contributed by atoms with Crippen molar-refractivity contribution in [2.24, 2.45) is 0 Å². The minimum Gasteiger partial charge on any atom is -0.507 e. The molecular formula is C36H38N2O16. The molecule has 0 spiro atoms. The van der Waals surface area contributed by atoms with E-state index in [4.69, 9.17) is 28.4 Å². The van der Waals surface area contributed by atoms with Gasteiger partial charge in [0.05, 0.1) is 30.0 Å². The monoisotopic (exact) mass is 754 g/mol. The molecule has 1 amide bonds. The number of carbonyl (C=O) groups excluding carboxylic acids is 6. The molecule has 54 heavy (non-hydrogen) atoms. The van der Waals surface area contributed by atoms with E-state index in [2.05, 4.69) is 10.6 Å². The fourth-order valence-electron chi connectivity index (χ4n) is 8.13. The minimum absolute atomic E-state index is 0.0264. The third kappa shape index (κ3) is 5.09. The zero-order chi connectivity index (χ0) is 39.8. The second-order valence-electron chi connectivity index (χ2n) is 13.2. The summed E-state index contributed by atoms with van der Waals surface area (Å²) in [5, 5.41) is 51.8. The predicted molar refractivity (Wildman–Crippen MR) is 179 cm³/mol. The number of nitrogens with one attached hydrogen (secondary N) is 2. The van der Waals surface area contributed by atoms with Crippen molar-refractivity contribution in [3.63, 3.8) is 0 Å². The van der Waals surface area contributed by atoms with Gasteiger partial charge in [0.2, 0.25) is 23.0 Å². The van der Waals surface area contributed by atoms with Crippen LogP contribution in [0.2, 0.25) is 0 Å². The molecule has 18 nitrogen and oxygen atoms in total. The van der Waals surface area contributed by atoms with E-state index in [1.807, 2.05) is 0 Å². The average Bonchev–Trinajstić information content (AvgIpc) is 3.12. The Morgan fingerprint density at radius 3 is 2.20 bits per heavy atom. The van der Waals surface area contributed by atoms with Gasteiger partial charge in [-0.15, -0.1) is 0 Å². The Hall–Kier alpha value is -5.24. The van der Waals surface area contributed by atoms with E-state index in [-0.39, 0.29) is 11.1 Å². The highest BCUT2D eigenvalue weighted by atomic mass is 16.6. The van der Waals surface area contributed by atoms with Crippen LogP contribution in [0.4, 0.5) is 4.79 Å². The SMILES string of the molecule is CNC(=O)O[C@@H]1Cc2cc(C)c(C(=O)OC)c(O)c2[C@]2(O)C(=O)c3cc4c(c(O)c3C(=O)[C@]12OC)C(=O)C=C(N[C@H]1O[C@@H](C)[C@H](OC)[C@@H](O)[C@H]1OC)C4=O. The van der Waals surface area contributed by atoms with Crippen LogP contribution in [0.15, 0.2) is 23.9 Å². The molecule has 8 atom stereocenters. The van der Waals surface area contributed by atoms with Crippen molar-refractivity contribution in [1.82, 2.24) is 10.6 Å². The Morgan fingerprint density at radius 2 is 1.61 bits per heavy atom. The van der Waals surface area contributed by atoms with Crippen LogP contribution in [-0.2, 0) is 40.4 Å². The number of hydrogen-bond acceptors (Lipinski definition) is 17. The lowest BCUT2D eigenvalue weighted by Gasteiger charge is -2.53. The van der Waals surface area contributed by atoms with Gasteiger partial charge in [-0.05, 0) is 31.0 Å². The first-order valence-corrected chi connectivity index (χ1v) is 16.6. The number of aliphatic hydroxyl groups is 2. The third-order valence-electron chi connectivity index (χ3n) is 10.6. The van der Waals surface area contributed by atoms with Crippen LogP contribution in [0.25, 0.3) is 0 Å².